The molecule has 0 bridgehead atoms. The fourth-order valence-electron chi connectivity index (χ4n) is 2.71. The molecule has 0 spiro atoms. The first-order valence-electron chi connectivity index (χ1n) is 8.76. The molecule has 0 atom stereocenters. The van der Waals surface area contributed by atoms with E-state index < -0.39 is 0 Å². The van der Waals surface area contributed by atoms with Gasteiger partial charge in [0.25, 0.3) is 5.56 Å². The molecule has 0 amide bonds. The zero-order valence-electron chi connectivity index (χ0n) is 15.9. The van der Waals surface area contributed by atoms with Crippen LogP contribution in [0.25, 0.3) is 17.3 Å². The number of nitrogens with zero attached hydrogens (tertiary/aromatic N) is 3. The summed E-state index contributed by atoms with van der Waals surface area (Å²) in [5.41, 5.74) is 0.954. The maximum Gasteiger partial charge on any atom is 0.273 e. The molecule has 7 heteroatoms. The number of thiazole rings is 1. The van der Waals surface area contributed by atoms with Crippen molar-refractivity contribution in [3.05, 3.63) is 73.6 Å². The van der Waals surface area contributed by atoms with Gasteiger partial charge in [-0.25, -0.2) is 0 Å². The van der Waals surface area contributed by atoms with Crippen molar-refractivity contribution in [1.29, 1.82) is 10.5 Å². The average Bonchev–Trinajstić information content (AvgIpc) is 3.06. The van der Waals surface area contributed by atoms with Crippen molar-refractivity contribution in [3.8, 4) is 29.3 Å². The largest absolute Gasteiger partial charge is 0.497 e. The van der Waals surface area contributed by atoms with Crippen LogP contribution < -0.4 is 24.2 Å². The molecule has 0 saturated carbocycles. The number of nitriles is 2. The molecule has 0 unspecified atom stereocenters. The minimum atomic E-state index is -0.298. The third-order valence-electron chi connectivity index (χ3n) is 4.08. The molecular weight excluding hydrogens is 386 g/mol. The predicted molar refractivity (Wildman–Crippen MR) is 112 cm³/mol. The number of aromatic nitrogens is 1. The van der Waals surface area contributed by atoms with Crippen molar-refractivity contribution in [2.45, 2.75) is 6.92 Å². The SMILES string of the molecule is CCOc1ccc(-n2c(=C(C#N)C#N)s/c(=C\c3ccc(OC)cc3)c2=O)cc1. The van der Waals surface area contributed by atoms with E-state index in [1.54, 1.807) is 49.6 Å². The van der Waals surface area contributed by atoms with Gasteiger partial charge in [0.15, 0.2) is 5.57 Å². The fraction of sp³-hybridized carbons (Fsp3) is 0.136. The summed E-state index contributed by atoms with van der Waals surface area (Å²) >= 11 is 1.11. The molecule has 29 heavy (non-hydrogen) atoms. The van der Waals surface area contributed by atoms with Crippen LogP contribution in [0.1, 0.15) is 12.5 Å². The highest BCUT2D eigenvalue weighted by molar-refractivity contribution is 7.07. The molecule has 0 radical (unpaired) electrons. The molecule has 144 valence electrons. The van der Waals surface area contributed by atoms with Crippen molar-refractivity contribution in [1.82, 2.24) is 4.57 Å². The summed E-state index contributed by atoms with van der Waals surface area (Å²) in [4.78, 5) is 13.1. The Morgan fingerprint density at radius 2 is 1.69 bits per heavy atom. The van der Waals surface area contributed by atoms with Gasteiger partial charge in [-0.2, -0.15) is 10.5 Å². The third kappa shape index (κ3) is 4.21. The van der Waals surface area contributed by atoms with Gasteiger partial charge >= 0.3 is 0 Å². The molecule has 0 aliphatic carbocycles. The van der Waals surface area contributed by atoms with E-state index in [-0.39, 0.29) is 11.1 Å². The van der Waals surface area contributed by atoms with Gasteiger partial charge in [0.05, 0.1) is 23.9 Å². The number of benzene rings is 2. The zero-order valence-corrected chi connectivity index (χ0v) is 16.7. The Balaban J connectivity index is 2.24. The van der Waals surface area contributed by atoms with E-state index >= 15 is 0 Å². The van der Waals surface area contributed by atoms with Gasteiger partial charge in [0.2, 0.25) is 0 Å². The van der Waals surface area contributed by atoms with Crippen molar-refractivity contribution < 1.29 is 9.47 Å². The van der Waals surface area contributed by atoms with E-state index in [1.165, 1.54) is 4.57 Å². The van der Waals surface area contributed by atoms with Gasteiger partial charge in [0.1, 0.15) is 28.3 Å². The van der Waals surface area contributed by atoms with Crippen LogP contribution >= 0.6 is 11.3 Å². The molecule has 1 heterocycles. The van der Waals surface area contributed by atoms with Crippen LogP contribution in [-0.2, 0) is 0 Å². The summed E-state index contributed by atoms with van der Waals surface area (Å²) in [5, 5.41) is 18.7. The third-order valence-corrected chi connectivity index (χ3v) is 5.17. The van der Waals surface area contributed by atoms with E-state index in [1.807, 2.05) is 31.2 Å². The van der Waals surface area contributed by atoms with Crippen LogP contribution in [0.15, 0.2) is 53.3 Å². The maximum absolute atomic E-state index is 13.1. The summed E-state index contributed by atoms with van der Waals surface area (Å²) < 4.78 is 12.7. The topological polar surface area (TPSA) is 88.0 Å². The van der Waals surface area contributed by atoms with Gasteiger partial charge in [-0.15, -0.1) is 11.3 Å². The quantitative estimate of drug-likeness (QED) is 0.652. The lowest BCUT2D eigenvalue weighted by molar-refractivity contribution is 0.340. The second-order valence-electron chi connectivity index (χ2n) is 5.86. The van der Waals surface area contributed by atoms with E-state index in [0.29, 0.717) is 33.0 Å². The van der Waals surface area contributed by atoms with Crippen LogP contribution in [-0.4, -0.2) is 18.3 Å². The van der Waals surface area contributed by atoms with Crippen LogP contribution in [0.4, 0.5) is 0 Å². The van der Waals surface area contributed by atoms with Crippen LogP contribution in [0.3, 0.4) is 0 Å². The summed E-state index contributed by atoms with van der Waals surface area (Å²) in [6.07, 6.45) is 1.73. The summed E-state index contributed by atoms with van der Waals surface area (Å²) in [6, 6.07) is 18.0. The first kappa shape index (κ1) is 19.9. The molecule has 3 rings (SSSR count). The van der Waals surface area contributed by atoms with Gasteiger partial charge in [-0.3, -0.25) is 9.36 Å². The molecule has 0 aliphatic heterocycles. The second-order valence-corrected chi connectivity index (χ2v) is 6.89. The molecule has 2 aromatic carbocycles. The molecule has 1 aromatic heterocycles. The highest BCUT2D eigenvalue weighted by Gasteiger charge is 2.11. The normalized spacial score (nSPS) is 10.8. The van der Waals surface area contributed by atoms with Crippen molar-refractivity contribution in [2.75, 3.05) is 13.7 Å². The predicted octanol–water partition coefficient (Wildman–Crippen LogP) is 2.33. The van der Waals surface area contributed by atoms with Gasteiger partial charge in [0, 0.05) is 0 Å². The van der Waals surface area contributed by atoms with Crippen LogP contribution in [0.2, 0.25) is 0 Å². The van der Waals surface area contributed by atoms with E-state index in [9.17, 15) is 15.3 Å². The highest BCUT2D eigenvalue weighted by Crippen LogP contribution is 2.14. The standard InChI is InChI=1S/C22H17N3O3S/c1-3-28-19-10-6-17(7-11-19)25-21(26)20(29-22(25)16(13-23)14-24)12-15-4-8-18(27-2)9-5-15/h4-12H,3H2,1-2H3/b20-12-. The number of ether oxygens (including phenoxy) is 2. The molecule has 0 N–H and O–H groups in total. The smallest absolute Gasteiger partial charge is 0.273 e. The van der Waals surface area contributed by atoms with Crippen molar-refractivity contribution in [2.24, 2.45) is 0 Å². The Morgan fingerprint density at radius 3 is 2.24 bits per heavy atom. The monoisotopic (exact) mass is 403 g/mol. The fourth-order valence-corrected chi connectivity index (χ4v) is 3.77. The van der Waals surface area contributed by atoms with E-state index in [2.05, 4.69) is 0 Å². The first-order valence-corrected chi connectivity index (χ1v) is 9.58. The first-order chi connectivity index (χ1) is 14.1. The molecule has 0 saturated heterocycles. The summed E-state index contributed by atoms with van der Waals surface area (Å²) in [5.74, 6) is 1.39. The van der Waals surface area contributed by atoms with Crippen LogP contribution in [0.5, 0.6) is 11.5 Å². The second kappa shape index (κ2) is 8.92. The zero-order chi connectivity index (χ0) is 20.8. The van der Waals surface area contributed by atoms with Crippen molar-refractivity contribution >= 4 is 23.0 Å². The Morgan fingerprint density at radius 1 is 1.07 bits per heavy atom. The maximum atomic E-state index is 13.1. The Hall–Kier alpha value is -3.81. The van der Waals surface area contributed by atoms with Gasteiger partial charge < -0.3 is 9.47 Å². The lowest BCUT2D eigenvalue weighted by Gasteiger charge is -2.05. The Bertz CT molecular complexity index is 1260. The van der Waals surface area contributed by atoms with Crippen molar-refractivity contribution in [3.63, 3.8) is 0 Å². The van der Waals surface area contributed by atoms with Gasteiger partial charge in [-0.1, -0.05) is 12.1 Å². The number of hydrogen-bond acceptors (Lipinski definition) is 6. The van der Waals surface area contributed by atoms with E-state index in [4.69, 9.17) is 9.47 Å². The highest BCUT2D eigenvalue weighted by atomic mass is 32.1. The van der Waals surface area contributed by atoms with Crippen LogP contribution in [0, 0.1) is 22.7 Å². The molecule has 6 nitrogen and oxygen atoms in total. The Kier molecular flexibility index (Phi) is 6.13. The molecular formula is C22H17N3O3S. The molecule has 0 aliphatic rings. The van der Waals surface area contributed by atoms with Gasteiger partial charge in [-0.05, 0) is 55.0 Å². The summed E-state index contributed by atoms with van der Waals surface area (Å²) in [7, 11) is 1.58. The molecule has 0 fully saturated rings. The number of methoxy groups -OCH3 is 1. The minimum Gasteiger partial charge on any atom is -0.497 e. The lowest BCUT2D eigenvalue weighted by Crippen LogP contribution is -2.30. The lowest BCUT2D eigenvalue weighted by atomic mass is 10.2. The Labute approximate surface area is 171 Å². The number of hydrogen-bond donors (Lipinski definition) is 0. The number of rotatable bonds is 5. The minimum absolute atomic E-state index is 0.115. The average molecular weight is 403 g/mol. The van der Waals surface area contributed by atoms with E-state index in [0.717, 1.165) is 16.9 Å². The summed E-state index contributed by atoms with van der Waals surface area (Å²) in [6.45, 7) is 2.42. The molecule has 3 aromatic rings.